The average molecular weight is 518 g/mol. The summed E-state index contributed by atoms with van der Waals surface area (Å²) in [7, 11) is 0. The largest absolute Gasteiger partial charge is 0.490 e. The number of aliphatic carboxylic acids is 1. The van der Waals surface area contributed by atoms with Gasteiger partial charge in [0, 0.05) is 30.1 Å². The van der Waals surface area contributed by atoms with Gasteiger partial charge >= 0.3 is 18.1 Å². The topological polar surface area (TPSA) is 161 Å². The maximum Gasteiger partial charge on any atom is 0.490 e. The molecule has 0 aliphatic rings. The molecule has 0 spiro atoms. The Kier molecular flexibility index (Phi) is 9.58. The molecule has 0 aliphatic carbocycles. The van der Waals surface area contributed by atoms with Crippen molar-refractivity contribution in [3.8, 4) is 0 Å². The zero-order valence-corrected chi connectivity index (χ0v) is 19.7. The fourth-order valence-electron chi connectivity index (χ4n) is 3.24. The average Bonchev–Trinajstić information content (AvgIpc) is 3.21. The maximum atomic E-state index is 12.5. The molecule has 3 aromatic rings. The number of nitrogens with one attached hydrogen (secondary N) is 1. The smallest absolute Gasteiger partial charge is 0.475 e. The van der Waals surface area contributed by atoms with E-state index in [4.69, 9.17) is 31.5 Å². The van der Waals surface area contributed by atoms with Gasteiger partial charge in [0.1, 0.15) is 5.84 Å². The molecule has 0 radical (unpaired) electrons. The van der Waals surface area contributed by atoms with Crippen LogP contribution in [0.2, 0.25) is 0 Å². The Balaban J connectivity index is 0.000000604. The molecule has 37 heavy (non-hydrogen) atoms. The quantitative estimate of drug-likeness (QED) is 0.203. The second-order valence-electron chi connectivity index (χ2n) is 7.74. The van der Waals surface area contributed by atoms with Crippen LogP contribution in [0.1, 0.15) is 49.9 Å². The van der Waals surface area contributed by atoms with Gasteiger partial charge in [-0.1, -0.05) is 30.3 Å². The number of rotatable bonds is 8. The van der Waals surface area contributed by atoms with Crippen molar-refractivity contribution in [3.05, 3.63) is 94.3 Å². The number of alkyl halides is 3. The lowest BCUT2D eigenvalue weighted by Crippen LogP contribution is -2.21. The van der Waals surface area contributed by atoms with E-state index >= 15 is 0 Å². The molecule has 0 bridgehead atoms. The molecular formula is C25H25F3N4O5. The van der Waals surface area contributed by atoms with Gasteiger partial charge in [0.05, 0.1) is 12.2 Å². The summed E-state index contributed by atoms with van der Waals surface area (Å²) in [6.07, 6.45) is -0.895. The maximum absolute atomic E-state index is 12.5. The number of nitrogen functional groups attached to an aromatic ring is 1. The van der Waals surface area contributed by atoms with Crippen LogP contribution in [-0.2, 0) is 22.5 Å². The minimum atomic E-state index is -5.08. The Morgan fingerprint density at radius 1 is 1.00 bits per heavy atom. The fourth-order valence-corrected chi connectivity index (χ4v) is 3.24. The first-order valence-corrected chi connectivity index (χ1v) is 10.8. The standard InChI is InChI=1S/C23H24N4O3.C2HF3O2/c1-2-30-23(29)20-14-27(12-16-4-3-5-18(11-16)21(24)25)13-19(20)10-15-6-8-17(9-7-15)22(26)28;3-2(4,5)1(6)7/h3-9,11,13-14H,2,10,12H2,1H3,(H3,24,25)(H2,26,28);(H,6,7). The molecule has 9 nitrogen and oxygen atoms in total. The van der Waals surface area contributed by atoms with E-state index in [2.05, 4.69) is 0 Å². The third-order valence-corrected chi connectivity index (χ3v) is 4.94. The second-order valence-corrected chi connectivity index (χ2v) is 7.74. The van der Waals surface area contributed by atoms with Crippen LogP contribution >= 0.6 is 0 Å². The summed E-state index contributed by atoms with van der Waals surface area (Å²) in [4.78, 5) is 32.6. The lowest BCUT2D eigenvalue weighted by molar-refractivity contribution is -0.192. The first kappa shape index (κ1) is 28.6. The predicted octanol–water partition coefficient (Wildman–Crippen LogP) is 3.32. The van der Waals surface area contributed by atoms with Gasteiger partial charge in [-0.25, -0.2) is 9.59 Å². The lowest BCUT2D eigenvalue weighted by atomic mass is 10.0. The highest BCUT2D eigenvalue weighted by atomic mass is 19.4. The van der Waals surface area contributed by atoms with Gasteiger partial charge in [0.2, 0.25) is 5.91 Å². The van der Waals surface area contributed by atoms with Crippen LogP contribution in [0.3, 0.4) is 0 Å². The first-order valence-electron chi connectivity index (χ1n) is 10.8. The molecule has 2 aromatic carbocycles. The van der Waals surface area contributed by atoms with Crippen LogP contribution in [0, 0.1) is 5.41 Å². The van der Waals surface area contributed by atoms with Gasteiger partial charge in [-0.2, -0.15) is 13.2 Å². The molecule has 12 heteroatoms. The van der Waals surface area contributed by atoms with E-state index in [1.54, 1.807) is 31.3 Å². The zero-order chi connectivity index (χ0) is 27.8. The lowest BCUT2D eigenvalue weighted by Gasteiger charge is -2.05. The highest BCUT2D eigenvalue weighted by Gasteiger charge is 2.38. The van der Waals surface area contributed by atoms with Gasteiger partial charge < -0.3 is 25.9 Å². The number of ether oxygens (including phenoxy) is 1. The molecule has 3 rings (SSSR count). The van der Waals surface area contributed by atoms with Crippen molar-refractivity contribution in [1.29, 1.82) is 5.41 Å². The van der Waals surface area contributed by atoms with Crippen LogP contribution in [0.25, 0.3) is 0 Å². The zero-order valence-electron chi connectivity index (χ0n) is 19.7. The number of primary amides is 1. The Bertz CT molecular complexity index is 1280. The van der Waals surface area contributed by atoms with E-state index in [1.807, 2.05) is 41.1 Å². The van der Waals surface area contributed by atoms with Crippen molar-refractivity contribution in [2.75, 3.05) is 6.61 Å². The molecule has 0 saturated heterocycles. The van der Waals surface area contributed by atoms with Gasteiger partial charge in [0.25, 0.3) is 0 Å². The predicted molar refractivity (Wildman–Crippen MR) is 128 cm³/mol. The molecule has 6 N–H and O–H groups in total. The normalized spacial score (nSPS) is 10.7. The summed E-state index contributed by atoms with van der Waals surface area (Å²) in [5.74, 6) is -3.60. The van der Waals surface area contributed by atoms with Crippen molar-refractivity contribution in [3.63, 3.8) is 0 Å². The molecule has 1 amide bonds. The summed E-state index contributed by atoms with van der Waals surface area (Å²) in [6.45, 7) is 2.58. The van der Waals surface area contributed by atoms with Crippen LogP contribution in [0.4, 0.5) is 13.2 Å². The summed E-state index contributed by atoms with van der Waals surface area (Å²) in [5, 5.41) is 14.7. The molecule has 0 aliphatic heterocycles. The summed E-state index contributed by atoms with van der Waals surface area (Å²) < 4.78 is 38.9. The van der Waals surface area contributed by atoms with Crippen LogP contribution in [-0.4, -0.2) is 46.1 Å². The Labute approximate surface area is 210 Å². The summed E-state index contributed by atoms with van der Waals surface area (Å²) >= 11 is 0. The van der Waals surface area contributed by atoms with Crippen molar-refractivity contribution in [1.82, 2.24) is 4.57 Å². The van der Waals surface area contributed by atoms with Crippen LogP contribution in [0.5, 0.6) is 0 Å². The number of carbonyl (C=O) groups is 3. The number of halogens is 3. The van der Waals surface area contributed by atoms with Crippen molar-refractivity contribution >= 4 is 23.7 Å². The number of carboxylic acid groups (broad SMARTS) is 1. The van der Waals surface area contributed by atoms with Gasteiger partial charge in [0.15, 0.2) is 0 Å². The molecular weight excluding hydrogens is 493 g/mol. The number of nitrogens with two attached hydrogens (primary N) is 2. The number of hydrogen-bond acceptors (Lipinski definition) is 5. The SMILES string of the molecule is CCOC(=O)c1cn(Cc2cccc(C(=N)N)c2)cc1Cc1ccc(C(N)=O)cc1.O=C(O)C(F)(F)F. The number of hydrogen-bond donors (Lipinski definition) is 4. The highest BCUT2D eigenvalue weighted by Crippen LogP contribution is 2.19. The van der Waals surface area contributed by atoms with Crippen LogP contribution in [0.15, 0.2) is 60.9 Å². The van der Waals surface area contributed by atoms with E-state index in [0.29, 0.717) is 29.7 Å². The number of nitrogens with zero attached hydrogens (tertiary/aromatic N) is 1. The second kappa shape index (κ2) is 12.4. The Morgan fingerprint density at radius 2 is 1.62 bits per heavy atom. The Hall–Kier alpha value is -4.61. The molecule has 196 valence electrons. The van der Waals surface area contributed by atoms with E-state index in [9.17, 15) is 22.8 Å². The van der Waals surface area contributed by atoms with Gasteiger partial charge in [-0.3, -0.25) is 10.2 Å². The molecule has 0 atom stereocenters. The molecule has 0 unspecified atom stereocenters. The van der Waals surface area contributed by atoms with Gasteiger partial charge in [-0.15, -0.1) is 0 Å². The number of amidine groups is 1. The van der Waals surface area contributed by atoms with Crippen LogP contribution < -0.4 is 11.5 Å². The van der Waals surface area contributed by atoms with Crippen molar-refractivity contribution in [2.24, 2.45) is 11.5 Å². The van der Waals surface area contributed by atoms with Crippen molar-refractivity contribution < 1.29 is 37.4 Å². The number of benzene rings is 2. The Morgan fingerprint density at radius 3 is 2.14 bits per heavy atom. The van der Waals surface area contributed by atoms with E-state index in [0.717, 1.165) is 16.7 Å². The number of esters is 1. The van der Waals surface area contributed by atoms with Gasteiger partial charge in [-0.05, 0) is 48.2 Å². The minimum absolute atomic E-state index is 0.0108. The fraction of sp³-hybridized carbons (Fsp3) is 0.200. The molecule has 0 saturated carbocycles. The third-order valence-electron chi connectivity index (χ3n) is 4.94. The summed E-state index contributed by atoms with van der Waals surface area (Å²) in [6, 6.07) is 14.4. The third kappa shape index (κ3) is 8.53. The van der Waals surface area contributed by atoms with E-state index in [-0.39, 0.29) is 18.4 Å². The number of carboxylic acids is 1. The molecule has 0 fully saturated rings. The molecule has 1 aromatic heterocycles. The number of aromatic nitrogens is 1. The number of amides is 1. The first-order chi connectivity index (χ1) is 17.3. The monoisotopic (exact) mass is 518 g/mol. The number of carbonyl (C=O) groups excluding carboxylic acids is 2. The van der Waals surface area contributed by atoms with E-state index in [1.165, 1.54) is 0 Å². The minimum Gasteiger partial charge on any atom is -0.475 e. The van der Waals surface area contributed by atoms with E-state index < -0.39 is 18.1 Å². The van der Waals surface area contributed by atoms with Crippen molar-refractivity contribution in [2.45, 2.75) is 26.1 Å². The highest BCUT2D eigenvalue weighted by molar-refractivity contribution is 5.95. The summed E-state index contributed by atoms with van der Waals surface area (Å²) in [5.41, 5.74) is 15.2. The molecule has 1 heterocycles.